The van der Waals surface area contributed by atoms with Gasteiger partial charge in [0.2, 0.25) is 0 Å². The Morgan fingerprint density at radius 1 is 1.04 bits per heavy atom. The average Bonchev–Trinajstić information content (AvgIpc) is 3.14. The first-order chi connectivity index (χ1) is 13.6. The monoisotopic (exact) mass is 381 g/mol. The average molecular weight is 382 g/mol. The Kier molecular flexibility index (Phi) is 6.00. The number of nitrogens with two attached hydrogens (primary N) is 1. The van der Waals surface area contributed by atoms with Crippen LogP contribution >= 0.6 is 0 Å². The van der Waals surface area contributed by atoms with Crippen LogP contribution in [0.5, 0.6) is 5.75 Å². The van der Waals surface area contributed by atoms with Gasteiger partial charge in [0.1, 0.15) is 12.4 Å². The first kappa shape index (κ1) is 19.4. The van der Waals surface area contributed by atoms with Crippen molar-refractivity contribution in [3.63, 3.8) is 0 Å². The lowest BCUT2D eigenvalue weighted by Crippen LogP contribution is -2.40. The van der Waals surface area contributed by atoms with E-state index in [-0.39, 0.29) is 18.2 Å². The zero-order valence-electron chi connectivity index (χ0n) is 16.5. The molecule has 1 saturated carbocycles. The zero-order chi connectivity index (χ0) is 19.4. The molecule has 0 spiro atoms. The van der Waals surface area contributed by atoms with Crippen molar-refractivity contribution in [3.05, 3.63) is 65.2 Å². The maximum atomic E-state index is 9.52. The van der Waals surface area contributed by atoms with Crippen LogP contribution in [0.25, 0.3) is 0 Å². The number of aryl methyl sites for hydroxylation is 1. The van der Waals surface area contributed by atoms with Gasteiger partial charge in [0, 0.05) is 5.54 Å². The van der Waals surface area contributed by atoms with Gasteiger partial charge in [-0.2, -0.15) is 0 Å². The molecule has 0 aliphatic heterocycles. The summed E-state index contributed by atoms with van der Waals surface area (Å²) in [7, 11) is 0. The Bertz CT molecular complexity index is 779. The number of rotatable bonds is 7. The summed E-state index contributed by atoms with van der Waals surface area (Å²) < 4.78 is 11.8. The van der Waals surface area contributed by atoms with Gasteiger partial charge in [0.15, 0.2) is 0 Å². The Labute approximate surface area is 167 Å². The minimum absolute atomic E-state index is 0.0848. The van der Waals surface area contributed by atoms with Gasteiger partial charge in [-0.15, -0.1) is 0 Å². The Hall–Kier alpha value is -1.88. The van der Waals surface area contributed by atoms with E-state index in [4.69, 9.17) is 15.2 Å². The molecule has 150 valence electrons. The molecule has 2 aromatic carbocycles. The first-order valence-corrected chi connectivity index (χ1v) is 10.5. The van der Waals surface area contributed by atoms with E-state index in [1.54, 1.807) is 0 Å². The molecule has 4 nitrogen and oxygen atoms in total. The van der Waals surface area contributed by atoms with Crippen molar-refractivity contribution in [1.29, 1.82) is 0 Å². The zero-order valence-corrected chi connectivity index (χ0v) is 16.5. The van der Waals surface area contributed by atoms with Gasteiger partial charge in [-0.05, 0) is 73.3 Å². The molecule has 28 heavy (non-hydrogen) atoms. The van der Waals surface area contributed by atoms with Crippen LogP contribution in [0.1, 0.15) is 48.3 Å². The van der Waals surface area contributed by atoms with Crippen molar-refractivity contribution in [3.8, 4) is 5.75 Å². The number of hydrogen-bond donors (Lipinski definition) is 2. The van der Waals surface area contributed by atoms with Crippen LogP contribution in [-0.4, -0.2) is 36.6 Å². The molecule has 4 heteroatoms. The minimum atomic E-state index is -0.388. The predicted molar refractivity (Wildman–Crippen MR) is 111 cm³/mol. The van der Waals surface area contributed by atoms with Crippen LogP contribution in [0.4, 0.5) is 0 Å². The summed E-state index contributed by atoms with van der Waals surface area (Å²) in [5.41, 5.74) is 10.1. The van der Waals surface area contributed by atoms with Gasteiger partial charge in [-0.1, -0.05) is 36.4 Å². The maximum absolute atomic E-state index is 9.52. The third kappa shape index (κ3) is 4.57. The largest absolute Gasteiger partial charge is 0.491 e. The molecular weight excluding hydrogens is 350 g/mol. The van der Waals surface area contributed by atoms with Gasteiger partial charge >= 0.3 is 0 Å². The molecule has 0 aromatic heterocycles. The van der Waals surface area contributed by atoms with E-state index in [1.807, 2.05) is 30.3 Å². The van der Waals surface area contributed by atoms with Crippen LogP contribution < -0.4 is 10.5 Å². The van der Waals surface area contributed by atoms with Gasteiger partial charge < -0.3 is 20.3 Å². The van der Waals surface area contributed by atoms with E-state index in [1.165, 1.54) is 16.7 Å². The second kappa shape index (κ2) is 8.64. The van der Waals surface area contributed by atoms with Crippen LogP contribution in [-0.2, 0) is 17.6 Å². The summed E-state index contributed by atoms with van der Waals surface area (Å²) in [5, 5.41) is 9.52. The molecular formula is C24H31NO3. The van der Waals surface area contributed by atoms with Crippen LogP contribution in [0.15, 0.2) is 48.5 Å². The molecule has 2 aliphatic rings. The molecule has 0 heterocycles. The van der Waals surface area contributed by atoms with E-state index >= 15 is 0 Å². The number of ether oxygens (including phenoxy) is 2. The lowest BCUT2D eigenvalue weighted by molar-refractivity contribution is 0.0262. The van der Waals surface area contributed by atoms with Crippen LogP contribution in [0.2, 0.25) is 0 Å². The highest BCUT2D eigenvalue weighted by atomic mass is 16.5. The molecule has 1 fully saturated rings. The molecule has 4 rings (SSSR count). The molecule has 0 unspecified atom stereocenters. The predicted octanol–water partition coefficient (Wildman–Crippen LogP) is 3.60. The van der Waals surface area contributed by atoms with E-state index in [0.717, 1.165) is 44.3 Å². The fourth-order valence-corrected chi connectivity index (χ4v) is 4.61. The summed E-state index contributed by atoms with van der Waals surface area (Å²) in [6, 6.07) is 16.8. The summed E-state index contributed by atoms with van der Waals surface area (Å²) >= 11 is 0. The third-order valence-corrected chi connectivity index (χ3v) is 6.29. The van der Waals surface area contributed by atoms with Crippen molar-refractivity contribution in [2.75, 3.05) is 19.8 Å². The standard InChI is InChI=1S/C24H31NO3/c25-24(17-26)11-10-21(16-24)19-6-7-20-15-23(9-8-18(20)14-19)28-13-12-27-22-4-2-1-3-5-22/h1-7,14,21,23,26H,8-13,15-17,25H2/t21-,23+,24+/m0/s1. The lowest BCUT2D eigenvalue weighted by atomic mass is 9.85. The highest BCUT2D eigenvalue weighted by molar-refractivity contribution is 5.37. The Morgan fingerprint density at radius 3 is 2.68 bits per heavy atom. The normalized spacial score (nSPS) is 26.8. The van der Waals surface area contributed by atoms with Gasteiger partial charge in [0.05, 0.1) is 19.3 Å². The summed E-state index contributed by atoms with van der Waals surface area (Å²) in [6.45, 7) is 1.29. The van der Waals surface area contributed by atoms with Gasteiger partial charge in [-0.3, -0.25) is 0 Å². The van der Waals surface area contributed by atoms with Gasteiger partial charge in [0.25, 0.3) is 0 Å². The maximum Gasteiger partial charge on any atom is 0.119 e. The fraction of sp³-hybridized carbons (Fsp3) is 0.500. The lowest BCUT2D eigenvalue weighted by Gasteiger charge is -2.26. The van der Waals surface area contributed by atoms with Gasteiger partial charge in [-0.25, -0.2) is 0 Å². The number of benzene rings is 2. The highest BCUT2D eigenvalue weighted by Gasteiger charge is 2.36. The molecule has 0 radical (unpaired) electrons. The third-order valence-electron chi connectivity index (χ3n) is 6.29. The smallest absolute Gasteiger partial charge is 0.119 e. The Morgan fingerprint density at radius 2 is 1.89 bits per heavy atom. The molecule has 0 amide bonds. The number of para-hydroxylation sites is 1. The van der Waals surface area contributed by atoms with E-state index in [2.05, 4.69) is 18.2 Å². The van der Waals surface area contributed by atoms with Crippen molar-refractivity contribution >= 4 is 0 Å². The summed E-state index contributed by atoms with van der Waals surface area (Å²) in [4.78, 5) is 0. The number of aliphatic hydroxyl groups is 1. The minimum Gasteiger partial charge on any atom is -0.491 e. The quantitative estimate of drug-likeness (QED) is 0.720. The van der Waals surface area contributed by atoms with Crippen molar-refractivity contribution in [1.82, 2.24) is 0 Å². The number of hydrogen-bond acceptors (Lipinski definition) is 4. The topological polar surface area (TPSA) is 64.7 Å². The van der Waals surface area contributed by atoms with E-state index in [9.17, 15) is 5.11 Å². The van der Waals surface area contributed by atoms with Crippen molar-refractivity contribution in [2.24, 2.45) is 5.73 Å². The number of fused-ring (bicyclic) bond motifs is 1. The van der Waals surface area contributed by atoms with Crippen LogP contribution in [0.3, 0.4) is 0 Å². The van der Waals surface area contributed by atoms with E-state index < -0.39 is 0 Å². The molecule has 2 aromatic rings. The summed E-state index contributed by atoms with van der Waals surface area (Å²) in [6.07, 6.45) is 6.24. The molecule has 3 N–H and O–H groups in total. The molecule has 0 saturated heterocycles. The van der Waals surface area contributed by atoms with Crippen LogP contribution in [0, 0.1) is 0 Å². The summed E-state index contributed by atoms with van der Waals surface area (Å²) in [5.74, 6) is 1.37. The first-order valence-electron chi connectivity index (χ1n) is 10.5. The van der Waals surface area contributed by atoms with Crippen molar-refractivity contribution in [2.45, 2.75) is 56.1 Å². The second-order valence-electron chi connectivity index (χ2n) is 8.39. The molecule has 3 atom stereocenters. The second-order valence-corrected chi connectivity index (χ2v) is 8.39. The molecule has 2 aliphatic carbocycles. The Balaban J connectivity index is 1.27. The fourth-order valence-electron chi connectivity index (χ4n) is 4.61. The molecule has 0 bridgehead atoms. The van der Waals surface area contributed by atoms with Crippen molar-refractivity contribution < 1.29 is 14.6 Å². The number of aliphatic hydroxyl groups excluding tert-OH is 1. The van der Waals surface area contributed by atoms with E-state index in [0.29, 0.717) is 19.1 Å². The highest BCUT2D eigenvalue weighted by Crippen LogP contribution is 2.40. The SMILES string of the molecule is N[C@]1(CO)CC[C@H](c2ccc3c(c2)CC[C@@H](OCCOc2ccccc2)C3)C1.